The molecule has 0 aromatic heterocycles. The Morgan fingerprint density at radius 2 is 2.06 bits per heavy atom. The average Bonchev–Trinajstić information content (AvgIpc) is 2.35. The fraction of sp³-hybridized carbons (Fsp3) is 1.00. The number of rotatable bonds is 4. The van der Waals surface area contributed by atoms with Crippen LogP contribution in [0.3, 0.4) is 0 Å². The molecule has 1 aliphatic carbocycles. The molecule has 0 aromatic carbocycles. The third-order valence-corrected chi connectivity index (χ3v) is 4.78. The Bertz CT molecular complexity index is 249. The number of hydrogen-bond acceptors (Lipinski definition) is 2. The van der Waals surface area contributed by atoms with Gasteiger partial charge in [-0.05, 0) is 57.0 Å². The van der Waals surface area contributed by atoms with E-state index in [-0.39, 0.29) is 0 Å². The normalized spacial score (nSPS) is 33.5. The van der Waals surface area contributed by atoms with Gasteiger partial charge in [-0.25, -0.2) is 0 Å². The van der Waals surface area contributed by atoms with Crippen molar-refractivity contribution in [3.8, 4) is 0 Å². The standard InChI is InChI=1S/C16H32N2/c1-4-10-17-14-7-5-8-15(12-14)18-11-6-9-16(2,3)13-18/h14-15,17H,4-13H2,1-3H3. The van der Waals surface area contributed by atoms with Gasteiger partial charge in [0.25, 0.3) is 0 Å². The Morgan fingerprint density at radius 1 is 1.22 bits per heavy atom. The summed E-state index contributed by atoms with van der Waals surface area (Å²) in [5, 5.41) is 3.73. The molecular formula is C16H32N2. The van der Waals surface area contributed by atoms with E-state index < -0.39 is 0 Å². The van der Waals surface area contributed by atoms with Crippen molar-refractivity contribution >= 4 is 0 Å². The van der Waals surface area contributed by atoms with Gasteiger partial charge in [-0.15, -0.1) is 0 Å². The van der Waals surface area contributed by atoms with Gasteiger partial charge in [-0.3, -0.25) is 4.90 Å². The van der Waals surface area contributed by atoms with E-state index in [9.17, 15) is 0 Å². The zero-order valence-corrected chi connectivity index (χ0v) is 12.7. The monoisotopic (exact) mass is 252 g/mol. The van der Waals surface area contributed by atoms with Crippen molar-refractivity contribution in [3.05, 3.63) is 0 Å². The Hall–Kier alpha value is -0.0800. The zero-order valence-electron chi connectivity index (χ0n) is 12.7. The van der Waals surface area contributed by atoms with Crippen molar-refractivity contribution in [1.29, 1.82) is 0 Å². The first-order chi connectivity index (χ1) is 8.61. The van der Waals surface area contributed by atoms with Crippen LogP contribution < -0.4 is 5.32 Å². The van der Waals surface area contributed by atoms with Gasteiger partial charge in [0, 0.05) is 18.6 Å². The molecule has 0 radical (unpaired) electrons. The maximum atomic E-state index is 3.73. The van der Waals surface area contributed by atoms with Crippen LogP contribution in [-0.2, 0) is 0 Å². The lowest BCUT2D eigenvalue weighted by Gasteiger charge is -2.45. The van der Waals surface area contributed by atoms with E-state index in [0.717, 1.165) is 12.1 Å². The second-order valence-electron chi connectivity index (χ2n) is 7.21. The first kappa shape index (κ1) is 14.3. The van der Waals surface area contributed by atoms with Gasteiger partial charge in [0.2, 0.25) is 0 Å². The molecule has 1 saturated heterocycles. The fourth-order valence-corrected chi connectivity index (χ4v) is 3.81. The van der Waals surface area contributed by atoms with Crippen molar-refractivity contribution < 1.29 is 0 Å². The highest BCUT2D eigenvalue weighted by Gasteiger charge is 2.32. The Morgan fingerprint density at radius 3 is 2.78 bits per heavy atom. The van der Waals surface area contributed by atoms with Crippen LogP contribution in [0.25, 0.3) is 0 Å². The van der Waals surface area contributed by atoms with Crippen LogP contribution in [0.4, 0.5) is 0 Å². The van der Waals surface area contributed by atoms with Crippen molar-refractivity contribution in [2.24, 2.45) is 5.41 Å². The van der Waals surface area contributed by atoms with Crippen LogP contribution in [0, 0.1) is 5.41 Å². The highest BCUT2D eigenvalue weighted by molar-refractivity contribution is 4.88. The molecular weight excluding hydrogens is 220 g/mol. The Balaban J connectivity index is 1.84. The van der Waals surface area contributed by atoms with E-state index in [0.29, 0.717) is 5.41 Å². The molecule has 2 fully saturated rings. The Kier molecular flexibility index (Phi) is 5.08. The van der Waals surface area contributed by atoms with E-state index in [2.05, 4.69) is 31.0 Å². The van der Waals surface area contributed by atoms with Crippen molar-refractivity contribution in [3.63, 3.8) is 0 Å². The molecule has 2 atom stereocenters. The maximum Gasteiger partial charge on any atom is 0.0110 e. The maximum absolute atomic E-state index is 3.73. The number of nitrogens with one attached hydrogen (secondary N) is 1. The Labute approximate surface area is 114 Å². The number of hydrogen-bond donors (Lipinski definition) is 1. The molecule has 0 bridgehead atoms. The average molecular weight is 252 g/mol. The van der Waals surface area contributed by atoms with Crippen molar-refractivity contribution in [1.82, 2.24) is 10.2 Å². The summed E-state index contributed by atoms with van der Waals surface area (Å²) in [7, 11) is 0. The second kappa shape index (κ2) is 6.38. The summed E-state index contributed by atoms with van der Waals surface area (Å²) >= 11 is 0. The first-order valence-corrected chi connectivity index (χ1v) is 8.08. The zero-order chi connectivity index (χ0) is 13.0. The molecule has 2 heteroatoms. The third kappa shape index (κ3) is 3.96. The van der Waals surface area contributed by atoms with Crippen LogP contribution in [0.1, 0.15) is 65.7 Å². The van der Waals surface area contributed by atoms with E-state index in [1.54, 1.807) is 0 Å². The van der Waals surface area contributed by atoms with Crippen molar-refractivity contribution in [2.45, 2.75) is 77.8 Å². The molecule has 1 aliphatic heterocycles. The van der Waals surface area contributed by atoms with Gasteiger partial charge in [0.1, 0.15) is 0 Å². The lowest BCUT2D eigenvalue weighted by Crippen LogP contribution is -2.50. The van der Waals surface area contributed by atoms with Crippen LogP contribution in [0.2, 0.25) is 0 Å². The highest BCUT2D eigenvalue weighted by Crippen LogP contribution is 2.33. The van der Waals surface area contributed by atoms with Gasteiger partial charge in [-0.1, -0.05) is 27.2 Å². The summed E-state index contributed by atoms with van der Waals surface area (Å²) in [6, 6.07) is 1.64. The molecule has 1 N–H and O–H groups in total. The van der Waals surface area contributed by atoms with Crippen LogP contribution >= 0.6 is 0 Å². The molecule has 2 nitrogen and oxygen atoms in total. The quantitative estimate of drug-likeness (QED) is 0.825. The summed E-state index contributed by atoms with van der Waals surface area (Å²) in [5.41, 5.74) is 0.544. The largest absolute Gasteiger partial charge is 0.314 e. The topological polar surface area (TPSA) is 15.3 Å². The van der Waals surface area contributed by atoms with E-state index in [1.807, 2.05) is 0 Å². The van der Waals surface area contributed by atoms with Crippen LogP contribution in [0.15, 0.2) is 0 Å². The van der Waals surface area contributed by atoms with E-state index in [1.165, 1.54) is 64.6 Å². The van der Waals surface area contributed by atoms with Crippen LogP contribution in [-0.4, -0.2) is 36.6 Å². The van der Waals surface area contributed by atoms with Gasteiger partial charge in [-0.2, -0.15) is 0 Å². The third-order valence-electron chi connectivity index (χ3n) is 4.78. The number of piperidine rings is 1. The molecule has 2 unspecified atom stereocenters. The predicted octanol–water partition coefficient (Wildman–Crippen LogP) is 3.42. The molecule has 0 amide bonds. The van der Waals surface area contributed by atoms with Gasteiger partial charge in [0.05, 0.1) is 0 Å². The first-order valence-electron chi connectivity index (χ1n) is 8.08. The van der Waals surface area contributed by atoms with Gasteiger partial charge < -0.3 is 5.32 Å². The summed E-state index contributed by atoms with van der Waals surface area (Å²) in [6.07, 6.45) is 9.70. The summed E-state index contributed by atoms with van der Waals surface area (Å²) < 4.78 is 0. The molecule has 1 saturated carbocycles. The molecule has 106 valence electrons. The highest BCUT2D eigenvalue weighted by atomic mass is 15.2. The van der Waals surface area contributed by atoms with Crippen molar-refractivity contribution in [2.75, 3.05) is 19.6 Å². The molecule has 2 aliphatic rings. The predicted molar refractivity (Wildman–Crippen MR) is 78.9 cm³/mol. The number of nitrogens with zero attached hydrogens (tertiary/aromatic N) is 1. The molecule has 1 heterocycles. The second-order valence-corrected chi connectivity index (χ2v) is 7.21. The minimum atomic E-state index is 0.544. The summed E-state index contributed by atoms with van der Waals surface area (Å²) in [6.45, 7) is 11.0. The summed E-state index contributed by atoms with van der Waals surface area (Å²) in [5.74, 6) is 0. The van der Waals surface area contributed by atoms with Gasteiger partial charge in [0.15, 0.2) is 0 Å². The molecule has 0 aromatic rings. The smallest absolute Gasteiger partial charge is 0.0110 e. The molecule has 0 spiro atoms. The molecule has 2 rings (SSSR count). The minimum absolute atomic E-state index is 0.544. The van der Waals surface area contributed by atoms with Gasteiger partial charge >= 0.3 is 0 Å². The fourth-order valence-electron chi connectivity index (χ4n) is 3.81. The SMILES string of the molecule is CCCNC1CCCC(N2CCCC(C)(C)C2)C1. The number of likely N-dealkylation sites (tertiary alicyclic amines) is 1. The lowest BCUT2D eigenvalue weighted by molar-refractivity contribution is 0.0549. The van der Waals surface area contributed by atoms with E-state index >= 15 is 0 Å². The molecule has 18 heavy (non-hydrogen) atoms. The lowest BCUT2D eigenvalue weighted by atomic mass is 9.81. The summed E-state index contributed by atoms with van der Waals surface area (Å²) in [4.78, 5) is 2.79. The van der Waals surface area contributed by atoms with Crippen LogP contribution in [0.5, 0.6) is 0 Å². The van der Waals surface area contributed by atoms with E-state index in [4.69, 9.17) is 0 Å². The minimum Gasteiger partial charge on any atom is -0.314 e.